The molecule has 0 aliphatic rings. The van der Waals surface area contributed by atoms with E-state index in [-0.39, 0.29) is 5.69 Å². The summed E-state index contributed by atoms with van der Waals surface area (Å²) >= 11 is 4.42. The van der Waals surface area contributed by atoms with Crippen LogP contribution in [-0.2, 0) is 6.54 Å². The molecule has 1 amide bonds. The maximum Gasteiger partial charge on any atom is 0.249 e. The molecule has 0 spiro atoms. The number of anilines is 1. The van der Waals surface area contributed by atoms with Crippen LogP contribution in [0.1, 0.15) is 15.2 Å². The third kappa shape index (κ3) is 3.30. The quantitative estimate of drug-likeness (QED) is 0.890. The minimum absolute atomic E-state index is 0.176. The van der Waals surface area contributed by atoms with Crippen molar-refractivity contribution in [3.8, 4) is 0 Å². The van der Waals surface area contributed by atoms with Crippen molar-refractivity contribution >= 4 is 38.9 Å². The number of hydrogen-bond acceptors (Lipinski definition) is 3. The Balaban J connectivity index is 2.12. The standard InChI is InChI=1S/C12H9BrF2N2OS/c13-9-2-7(14)3-10(15)11(9)17-4-8-1-6(5-19-8)12(16)18/h1-3,5,17H,4H2,(H2,16,18). The summed E-state index contributed by atoms with van der Waals surface area (Å²) < 4.78 is 26.8. The van der Waals surface area contributed by atoms with Crippen molar-refractivity contribution in [3.05, 3.63) is 50.1 Å². The number of nitrogens with two attached hydrogens (primary N) is 1. The molecule has 19 heavy (non-hydrogen) atoms. The Morgan fingerprint density at radius 3 is 2.68 bits per heavy atom. The lowest BCUT2D eigenvalue weighted by Gasteiger charge is -2.08. The normalized spacial score (nSPS) is 10.5. The molecular weight excluding hydrogens is 338 g/mol. The predicted molar refractivity (Wildman–Crippen MR) is 74.2 cm³/mol. The molecule has 0 unspecified atom stereocenters. The van der Waals surface area contributed by atoms with Crippen molar-refractivity contribution in [2.75, 3.05) is 5.32 Å². The molecule has 3 nitrogen and oxygen atoms in total. The molecule has 100 valence electrons. The fraction of sp³-hybridized carbons (Fsp3) is 0.0833. The second-order valence-corrected chi connectivity index (χ2v) is 5.61. The number of carbonyl (C=O) groups is 1. The highest BCUT2D eigenvalue weighted by Gasteiger charge is 2.10. The minimum atomic E-state index is -0.682. The van der Waals surface area contributed by atoms with Crippen LogP contribution >= 0.6 is 27.3 Å². The van der Waals surface area contributed by atoms with Gasteiger partial charge in [-0.3, -0.25) is 4.79 Å². The number of primary amides is 1. The van der Waals surface area contributed by atoms with Gasteiger partial charge in [-0.2, -0.15) is 0 Å². The van der Waals surface area contributed by atoms with Crippen LogP contribution in [0.15, 0.2) is 28.1 Å². The van der Waals surface area contributed by atoms with Crippen LogP contribution in [0.25, 0.3) is 0 Å². The van der Waals surface area contributed by atoms with Crippen LogP contribution in [0.3, 0.4) is 0 Å². The van der Waals surface area contributed by atoms with E-state index in [9.17, 15) is 13.6 Å². The molecule has 2 rings (SSSR count). The molecule has 0 bridgehead atoms. The molecule has 0 atom stereocenters. The van der Waals surface area contributed by atoms with Gasteiger partial charge in [-0.05, 0) is 28.1 Å². The van der Waals surface area contributed by atoms with E-state index >= 15 is 0 Å². The van der Waals surface area contributed by atoms with Gasteiger partial charge in [0.15, 0.2) is 0 Å². The lowest BCUT2D eigenvalue weighted by atomic mass is 10.2. The molecule has 0 saturated heterocycles. The summed E-state index contributed by atoms with van der Waals surface area (Å²) in [5, 5.41) is 4.48. The minimum Gasteiger partial charge on any atom is -0.377 e. The average Bonchev–Trinajstić information content (AvgIpc) is 2.76. The third-order valence-electron chi connectivity index (χ3n) is 2.38. The van der Waals surface area contributed by atoms with Gasteiger partial charge in [0.1, 0.15) is 11.6 Å². The monoisotopic (exact) mass is 346 g/mol. The first-order chi connectivity index (χ1) is 8.97. The smallest absolute Gasteiger partial charge is 0.249 e. The molecule has 7 heteroatoms. The number of amides is 1. The molecule has 1 heterocycles. The van der Waals surface area contributed by atoms with Crippen LogP contribution in [-0.4, -0.2) is 5.91 Å². The van der Waals surface area contributed by atoms with E-state index in [4.69, 9.17) is 5.73 Å². The summed E-state index contributed by atoms with van der Waals surface area (Å²) in [5.74, 6) is -1.84. The maximum absolute atomic E-state index is 13.5. The van der Waals surface area contributed by atoms with Crippen molar-refractivity contribution in [1.29, 1.82) is 0 Å². The lowest BCUT2D eigenvalue weighted by molar-refractivity contribution is 0.100. The van der Waals surface area contributed by atoms with E-state index in [1.54, 1.807) is 11.4 Å². The van der Waals surface area contributed by atoms with Crippen molar-refractivity contribution in [1.82, 2.24) is 0 Å². The number of carbonyl (C=O) groups excluding carboxylic acids is 1. The molecule has 0 radical (unpaired) electrons. The van der Waals surface area contributed by atoms with Crippen LogP contribution in [0.4, 0.5) is 14.5 Å². The fourth-order valence-electron chi connectivity index (χ4n) is 1.49. The first-order valence-electron chi connectivity index (χ1n) is 5.23. The van der Waals surface area contributed by atoms with E-state index in [2.05, 4.69) is 21.2 Å². The Bertz CT molecular complexity index is 607. The first kappa shape index (κ1) is 14.0. The van der Waals surface area contributed by atoms with E-state index in [1.807, 2.05) is 0 Å². The van der Waals surface area contributed by atoms with Gasteiger partial charge < -0.3 is 11.1 Å². The van der Waals surface area contributed by atoms with E-state index in [0.29, 0.717) is 16.6 Å². The Morgan fingerprint density at radius 2 is 2.11 bits per heavy atom. The zero-order valence-electron chi connectivity index (χ0n) is 9.54. The third-order valence-corrected chi connectivity index (χ3v) is 3.95. The Labute approximate surface area is 120 Å². The van der Waals surface area contributed by atoms with Gasteiger partial charge in [0, 0.05) is 27.3 Å². The van der Waals surface area contributed by atoms with Gasteiger partial charge in [0.2, 0.25) is 5.91 Å². The fourth-order valence-corrected chi connectivity index (χ4v) is 2.85. The summed E-state index contributed by atoms with van der Waals surface area (Å²) in [4.78, 5) is 11.8. The van der Waals surface area contributed by atoms with Crippen molar-refractivity contribution in [2.24, 2.45) is 5.73 Å². The second kappa shape index (κ2) is 5.66. The summed E-state index contributed by atoms with van der Waals surface area (Å²) in [6.45, 7) is 0.319. The van der Waals surface area contributed by atoms with Crippen LogP contribution in [0, 0.1) is 11.6 Å². The van der Waals surface area contributed by atoms with Crippen LogP contribution < -0.4 is 11.1 Å². The van der Waals surface area contributed by atoms with Gasteiger partial charge in [0.25, 0.3) is 0 Å². The number of nitrogens with one attached hydrogen (secondary N) is 1. The molecule has 0 saturated carbocycles. The average molecular weight is 347 g/mol. The molecule has 3 N–H and O–H groups in total. The second-order valence-electron chi connectivity index (χ2n) is 3.76. The molecule has 1 aromatic heterocycles. The zero-order chi connectivity index (χ0) is 14.0. The topological polar surface area (TPSA) is 55.1 Å². The molecule has 2 aromatic rings. The van der Waals surface area contributed by atoms with Gasteiger partial charge in [-0.25, -0.2) is 8.78 Å². The first-order valence-corrected chi connectivity index (χ1v) is 6.90. The Kier molecular flexibility index (Phi) is 4.16. The van der Waals surface area contributed by atoms with E-state index in [1.165, 1.54) is 17.4 Å². The summed E-state index contributed by atoms with van der Waals surface area (Å²) in [6, 6.07) is 3.61. The van der Waals surface area contributed by atoms with E-state index < -0.39 is 17.5 Å². The molecule has 0 aliphatic carbocycles. The van der Waals surface area contributed by atoms with E-state index in [0.717, 1.165) is 10.9 Å². The van der Waals surface area contributed by atoms with Crippen molar-refractivity contribution in [2.45, 2.75) is 6.54 Å². The highest BCUT2D eigenvalue weighted by atomic mass is 79.9. The van der Waals surface area contributed by atoms with Gasteiger partial charge >= 0.3 is 0 Å². The predicted octanol–water partition coefficient (Wildman–Crippen LogP) is 3.50. The van der Waals surface area contributed by atoms with Gasteiger partial charge in [0.05, 0.1) is 11.3 Å². The number of halogens is 3. The molecular formula is C12H9BrF2N2OS. The SMILES string of the molecule is NC(=O)c1csc(CNc2c(F)cc(F)cc2Br)c1. The highest BCUT2D eigenvalue weighted by Crippen LogP contribution is 2.28. The number of benzene rings is 1. The van der Waals surface area contributed by atoms with Crippen LogP contribution in [0.2, 0.25) is 0 Å². The molecule has 1 aromatic carbocycles. The largest absolute Gasteiger partial charge is 0.377 e. The zero-order valence-corrected chi connectivity index (χ0v) is 11.9. The molecule has 0 fully saturated rings. The summed E-state index contributed by atoms with van der Waals surface area (Å²) in [6.07, 6.45) is 0. The van der Waals surface area contributed by atoms with Crippen molar-refractivity contribution < 1.29 is 13.6 Å². The lowest BCUT2D eigenvalue weighted by Crippen LogP contribution is -2.09. The summed E-state index contributed by atoms with van der Waals surface area (Å²) in [7, 11) is 0. The van der Waals surface area contributed by atoms with Gasteiger partial charge in [-0.15, -0.1) is 11.3 Å². The number of hydrogen-bond donors (Lipinski definition) is 2. The Morgan fingerprint density at radius 1 is 1.37 bits per heavy atom. The number of thiophene rings is 1. The maximum atomic E-state index is 13.5. The highest BCUT2D eigenvalue weighted by molar-refractivity contribution is 9.10. The Hall–Kier alpha value is -1.47. The number of rotatable bonds is 4. The molecule has 0 aliphatic heterocycles. The summed E-state index contributed by atoms with van der Waals surface area (Å²) in [5.41, 5.74) is 5.73. The van der Waals surface area contributed by atoms with Crippen molar-refractivity contribution in [3.63, 3.8) is 0 Å². The van der Waals surface area contributed by atoms with Crippen LogP contribution in [0.5, 0.6) is 0 Å². The van der Waals surface area contributed by atoms with Gasteiger partial charge in [-0.1, -0.05) is 0 Å².